The van der Waals surface area contributed by atoms with Gasteiger partial charge in [0.25, 0.3) is 0 Å². The molecule has 0 amide bonds. The molecule has 2 aromatic rings. The van der Waals surface area contributed by atoms with Crippen molar-refractivity contribution < 1.29 is 4.58 Å². The molecule has 0 atom stereocenters. The van der Waals surface area contributed by atoms with Crippen LogP contribution in [0.2, 0.25) is 0 Å². The molecule has 32 heavy (non-hydrogen) atoms. The molecule has 4 rings (SSSR count). The summed E-state index contributed by atoms with van der Waals surface area (Å²) in [5.74, 6) is 0. The maximum absolute atomic E-state index is 3.23. The molecule has 170 valence electrons. The highest BCUT2D eigenvalue weighted by Crippen LogP contribution is 2.66. The van der Waals surface area contributed by atoms with Gasteiger partial charge in [0.2, 0.25) is 5.71 Å². The van der Waals surface area contributed by atoms with E-state index < -0.39 is 10.0 Å². The topological polar surface area (TPSA) is 18.3 Å². The number of rotatable bonds is 3. The Balaban J connectivity index is 0.00000141. The fraction of sp³-hybridized carbons (Fsp3) is 0.321. The molecule has 1 heterocycles. The second-order valence-corrected chi connectivity index (χ2v) is 12.2. The third-order valence-electron chi connectivity index (χ3n) is 6.06. The molecular weight excluding hydrogens is 410 g/mol. The average molecular weight is 449 g/mol. The van der Waals surface area contributed by atoms with E-state index in [2.05, 4.69) is 116 Å². The Hall–Kier alpha value is -2.72. The van der Waals surface area contributed by atoms with Crippen molar-refractivity contribution in [1.29, 1.82) is 0 Å². The van der Waals surface area contributed by atoms with Crippen molar-refractivity contribution in [3.8, 4) is 0 Å². The van der Waals surface area contributed by atoms with Crippen LogP contribution in [0.15, 0.2) is 76.1 Å². The first-order valence-corrected chi connectivity index (χ1v) is 13.7. The number of fused-ring (bicyclic) bond motifs is 2. The lowest BCUT2D eigenvalue weighted by Crippen LogP contribution is -2.19. The van der Waals surface area contributed by atoms with Crippen molar-refractivity contribution in [1.82, 2.24) is 0 Å². The van der Waals surface area contributed by atoms with Gasteiger partial charge in [0, 0.05) is 54.5 Å². The zero-order valence-corrected chi connectivity index (χ0v) is 21.9. The maximum Gasteiger partial charge on any atom is 0.200 e. The molecule has 1 N–H and O–H groups in total. The highest BCUT2D eigenvalue weighted by atomic mass is 32.3. The van der Waals surface area contributed by atoms with Crippen LogP contribution in [-0.4, -0.2) is 58.0 Å². The first-order chi connectivity index (χ1) is 15.2. The van der Waals surface area contributed by atoms with E-state index in [1.165, 1.54) is 43.5 Å². The number of nitrogens with zero attached hydrogens (tertiary/aromatic N) is 2. The second-order valence-electron chi connectivity index (χ2n) is 8.68. The van der Waals surface area contributed by atoms with Gasteiger partial charge >= 0.3 is 0 Å². The van der Waals surface area contributed by atoms with Crippen molar-refractivity contribution in [2.24, 2.45) is 0 Å². The predicted molar refractivity (Wildman–Crippen MR) is 146 cm³/mol. The summed E-state index contributed by atoms with van der Waals surface area (Å²) >= 11 is 0. The van der Waals surface area contributed by atoms with Crippen LogP contribution in [0.1, 0.15) is 25.0 Å². The third-order valence-corrected chi connectivity index (χ3v) is 8.94. The SMILES string of the molecule is CC.CNc1ccc(C2=C3C=CC(=[N+](C)C)C=C3S(C)(C)c3cc(N(C)C)ccc32)cc1. The molecule has 0 spiro atoms. The van der Waals surface area contributed by atoms with Gasteiger partial charge < -0.3 is 10.2 Å². The first kappa shape index (κ1) is 23.9. The van der Waals surface area contributed by atoms with Gasteiger partial charge in [-0.3, -0.25) is 0 Å². The lowest BCUT2D eigenvalue weighted by Gasteiger charge is -2.43. The standard InChI is InChI=1S/C26H31N3S.C2H6/c1-27-19-10-8-18(9-11-19)26-22-14-12-20(28(2)3)16-24(22)30(6,7)25-17-21(29(4)5)13-15-23(25)26;1-2/h8-17H,1-7H3;1-2H3/p+1. The third kappa shape index (κ3) is 4.16. The van der Waals surface area contributed by atoms with Crippen LogP contribution in [0.3, 0.4) is 0 Å². The van der Waals surface area contributed by atoms with Crippen molar-refractivity contribution in [2.45, 2.75) is 18.7 Å². The number of anilines is 2. The molecule has 0 saturated carbocycles. The van der Waals surface area contributed by atoms with Crippen molar-refractivity contribution in [3.05, 3.63) is 82.3 Å². The molecule has 0 unspecified atom stereocenters. The minimum Gasteiger partial charge on any atom is -0.388 e. The number of allylic oxidation sites excluding steroid dienone is 4. The molecule has 3 nitrogen and oxygen atoms in total. The minimum atomic E-state index is -1.15. The summed E-state index contributed by atoms with van der Waals surface area (Å²) in [6, 6.07) is 15.8. The van der Waals surface area contributed by atoms with Crippen molar-refractivity contribution >= 4 is 32.7 Å². The molecule has 0 saturated heterocycles. The van der Waals surface area contributed by atoms with Crippen LogP contribution in [0, 0.1) is 0 Å². The molecule has 2 aliphatic rings. The Kier molecular flexibility index (Phi) is 7.04. The van der Waals surface area contributed by atoms with E-state index in [0.29, 0.717) is 0 Å². The van der Waals surface area contributed by atoms with Gasteiger partial charge in [-0.25, -0.2) is 4.58 Å². The molecule has 0 bridgehead atoms. The van der Waals surface area contributed by atoms with E-state index in [9.17, 15) is 0 Å². The minimum absolute atomic E-state index is 1.13. The largest absolute Gasteiger partial charge is 0.388 e. The van der Waals surface area contributed by atoms with Gasteiger partial charge in [-0.05, 0) is 65.1 Å². The summed E-state index contributed by atoms with van der Waals surface area (Å²) in [6.45, 7) is 4.00. The zero-order chi connectivity index (χ0) is 23.6. The Morgan fingerprint density at radius 1 is 0.906 bits per heavy atom. The summed E-state index contributed by atoms with van der Waals surface area (Å²) in [6.07, 6.45) is 11.8. The molecule has 1 aliphatic heterocycles. The number of nitrogens with one attached hydrogen (secondary N) is 1. The van der Waals surface area contributed by atoms with Crippen LogP contribution in [0.4, 0.5) is 11.4 Å². The summed E-state index contributed by atoms with van der Waals surface area (Å²) in [5, 5.41) is 3.23. The van der Waals surface area contributed by atoms with Gasteiger partial charge in [-0.15, -0.1) is 0 Å². The van der Waals surface area contributed by atoms with Crippen LogP contribution in [0.5, 0.6) is 0 Å². The second kappa shape index (κ2) is 9.41. The van der Waals surface area contributed by atoms with Crippen LogP contribution < -0.4 is 10.2 Å². The quantitative estimate of drug-likeness (QED) is 0.561. The lowest BCUT2D eigenvalue weighted by atomic mass is 9.89. The van der Waals surface area contributed by atoms with E-state index in [1.54, 1.807) is 0 Å². The fourth-order valence-corrected chi connectivity index (χ4v) is 6.72. The van der Waals surface area contributed by atoms with Crippen LogP contribution >= 0.6 is 10.0 Å². The van der Waals surface area contributed by atoms with E-state index in [0.717, 1.165) is 5.69 Å². The molecule has 2 aromatic carbocycles. The van der Waals surface area contributed by atoms with Gasteiger partial charge in [-0.2, -0.15) is 10.0 Å². The maximum atomic E-state index is 3.23. The van der Waals surface area contributed by atoms with Gasteiger partial charge in [0.05, 0.1) is 0 Å². The van der Waals surface area contributed by atoms with E-state index in [-0.39, 0.29) is 0 Å². The molecule has 4 heteroatoms. The van der Waals surface area contributed by atoms with Gasteiger partial charge in [0.15, 0.2) is 0 Å². The number of hydrogen-bond donors (Lipinski definition) is 1. The number of benzene rings is 2. The van der Waals surface area contributed by atoms with Gasteiger partial charge in [-0.1, -0.05) is 32.0 Å². The summed E-state index contributed by atoms with van der Waals surface area (Å²) in [7, 11) is 9.28. The molecule has 0 fully saturated rings. The first-order valence-electron chi connectivity index (χ1n) is 11.3. The van der Waals surface area contributed by atoms with Crippen LogP contribution in [0.25, 0.3) is 5.57 Å². The summed E-state index contributed by atoms with van der Waals surface area (Å²) in [4.78, 5) is 5.12. The fourth-order valence-electron chi connectivity index (χ4n) is 4.21. The lowest BCUT2D eigenvalue weighted by molar-refractivity contribution is -0.462. The predicted octanol–water partition coefficient (Wildman–Crippen LogP) is 6.23. The molecular formula is C28H38N3S+. The number of hydrogen-bond acceptors (Lipinski definition) is 2. The normalized spacial score (nSPS) is 16.8. The van der Waals surface area contributed by atoms with Gasteiger partial charge in [0.1, 0.15) is 14.1 Å². The van der Waals surface area contributed by atoms with Crippen LogP contribution in [-0.2, 0) is 0 Å². The van der Waals surface area contributed by atoms with Crippen molar-refractivity contribution in [3.63, 3.8) is 0 Å². The zero-order valence-electron chi connectivity index (χ0n) is 21.1. The average Bonchev–Trinajstić information content (AvgIpc) is 2.80. The monoisotopic (exact) mass is 448 g/mol. The smallest absolute Gasteiger partial charge is 0.200 e. The molecule has 1 aliphatic carbocycles. The summed E-state index contributed by atoms with van der Waals surface area (Å²) in [5.41, 5.74) is 8.97. The highest BCUT2D eigenvalue weighted by molar-refractivity contribution is 8.36. The summed E-state index contributed by atoms with van der Waals surface area (Å²) < 4.78 is 2.20. The molecule has 0 radical (unpaired) electrons. The van der Waals surface area contributed by atoms with E-state index in [4.69, 9.17) is 0 Å². The Labute approximate surface area is 196 Å². The highest BCUT2D eigenvalue weighted by Gasteiger charge is 2.35. The van der Waals surface area contributed by atoms with E-state index >= 15 is 0 Å². The van der Waals surface area contributed by atoms with Crippen molar-refractivity contribution in [2.75, 3.05) is 58.0 Å². The Morgan fingerprint density at radius 2 is 1.56 bits per heavy atom. The van der Waals surface area contributed by atoms with E-state index in [1.807, 2.05) is 20.9 Å². The Bertz CT molecular complexity index is 1130. The Morgan fingerprint density at radius 3 is 2.12 bits per heavy atom. The molecule has 0 aromatic heterocycles.